The van der Waals surface area contributed by atoms with Crippen molar-refractivity contribution in [2.45, 2.75) is 50.5 Å². The molecule has 0 amide bonds. The summed E-state index contributed by atoms with van der Waals surface area (Å²) in [7, 11) is 1.74. The van der Waals surface area contributed by atoms with E-state index in [1.807, 2.05) is 18.2 Å². The predicted octanol–water partition coefficient (Wildman–Crippen LogP) is 6.42. The smallest absolute Gasteiger partial charge is 0.127 e. The first kappa shape index (κ1) is 18.8. The highest BCUT2D eigenvalue weighted by Crippen LogP contribution is 2.36. The minimum atomic E-state index is -0.244. The third-order valence-corrected chi connectivity index (χ3v) is 5.45. The molecule has 0 spiro atoms. The number of ether oxygens (including phenoxy) is 1. The Morgan fingerprint density at radius 1 is 1.00 bits per heavy atom. The summed E-state index contributed by atoms with van der Waals surface area (Å²) in [6, 6.07) is 10.4. The molecule has 3 rings (SSSR count). The number of allylic oxidation sites excluding steroid dienone is 1. The zero-order valence-electron chi connectivity index (χ0n) is 15.3. The number of halogens is 2. The van der Waals surface area contributed by atoms with Crippen LogP contribution < -0.4 is 0 Å². The minimum Gasteiger partial charge on any atom is -0.381 e. The van der Waals surface area contributed by atoms with Crippen molar-refractivity contribution in [2.24, 2.45) is 0 Å². The van der Waals surface area contributed by atoms with E-state index in [-0.39, 0.29) is 17.6 Å². The highest BCUT2D eigenvalue weighted by Gasteiger charge is 2.24. The number of hydrogen-bond donors (Lipinski definition) is 0. The lowest BCUT2D eigenvalue weighted by Gasteiger charge is -2.28. The molecule has 3 heteroatoms. The lowest BCUT2D eigenvalue weighted by Crippen LogP contribution is -2.19. The van der Waals surface area contributed by atoms with Crippen LogP contribution in [0.5, 0.6) is 0 Å². The van der Waals surface area contributed by atoms with Gasteiger partial charge in [0.15, 0.2) is 0 Å². The monoisotopic (exact) mass is 356 g/mol. The van der Waals surface area contributed by atoms with E-state index in [4.69, 9.17) is 4.74 Å². The van der Waals surface area contributed by atoms with E-state index < -0.39 is 0 Å². The van der Waals surface area contributed by atoms with Gasteiger partial charge in [0.05, 0.1) is 6.10 Å². The third-order valence-electron chi connectivity index (χ3n) is 5.45. The van der Waals surface area contributed by atoms with E-state index in [9.17, 15) is 8.78 Å². The lowest BCUT2D eigenvalue weighted by molar-refractivity contribution is 0.0655. The Hall–Kier alpha value is -2.00. The van der Waals surface area contributed by atoms with Gasteiger partial charge in [-0.05, 0) is 78.8 Å². The van der Waals surface area contributed by atoms with E-state index >= 15 is 0 Å². The number of rotatable bonds is 6. The van der Waals surface area contributed by atoms with Gasteiger partial charge in [0.1, 0.15) is 11.6 Å². The molecule has 1 saturated carbocycles. The van der Waals surface area contributed by atoms with Crippen molar-refractivity contribution >= 4 is 0 Å². The third kappa shape index (κ3) is 4.21. The van der Waals surface area contributed by atoms with Gasteiger partial charge in [0, 0.05) is 7.11 Å². The molecule has 0 aromatic heterocycles. The van der Waals surface area contributed by atoms with E-state index in [1.54, 1.807) is 19.3 Å². The molecule has 0 aliphatic heterocycles. The summed E-state index contributed by atoms with van der Waals surface area (Å²) in [5.74, 6) is -0.195. The van der Waals surface area contributed by atoms with Crippen LogP contribution in [0, 0.1) is 11.6 Å². The predicted molar refractivity (Wildman–Crippen MR) is 102 cm³/mol. The zero-order chi connectivity index (χ0) is 18.5. The molecule has 2 aromatic carbocycles. The first-order chi connectivity index (χ1) is 12.6. The average Bonchev–Trinajstić information content (AvgIpc) is 2.67. The summed E-state index contributed by atoms with van der Waals surface area (Å²) in [6.45, 7) is 3.66. The largest absolute Gasteiger partial charge is 0.381 e. The number of benzene rings is 2. The van der Waals surface area contributed by atoms with Crippen LogP contribution in [0.1, 0.15) is 49.1 Å². The second-order valence-corrected chi connectivity index (χ2v) is 7.08. The Balaban J connectivity index is 1.77. The van der Waals surface area contributed by atoms with Crippen LogP contribution in [-0.2, 0) is 11.2 Å². The van der Waals surface area contributed by atoms with E-state index in [1.165, 1.54) is 12.1 Å². The Morgan fingerprint density at radius 2 is 1.65 bits per heavy atom. The maximum Gasteiger partial charge on any atom is 0.127 e. The molecule has 2 aromatic rings. The quantitative estimate of drug-likeness (QED) is 0.542. The molecule has 0 atom stereocenters. The lowest BCUT2D eigenvalue weighted by atomic mass is 9.82. The number of aryl methyl sites for hydroxylation is 1. The fraction of sp³-hybridized carbons (Fsp3) is 0.391. The number of hydrogen-bond acceptors (Lipinski definition) is 1. The molecule has 1 nitrogen and oxygen atoms in total. The van der Waals surface area contributed by atoms with Crippen LogP contribution in [0.15, 0.2) is 49.1 Å². The molecule has 26 heavy (non-hydrogen) atoms. The standard InChI is InChI=1S/C23H26F2O/c1-3-4-5-17-6-7-18(14-22(17)24)19-10-13-21(23(25)15-19)16-8-11-20(26-2)12-9-16/h3,6-7,10,13-16,20H,1,4-5,8-9,11-12H2,2H3. The average molecular weight is 356 g/mol. The van der Waals surface area contributed by atoms with Gasteiger partial charge < -0.3 is 4.74 Å². The summed E-state index contributed by atoms with van der Waals surface area (Å²) in [4.78, 5) is 0. The van der Waals surface area contributed by atoms with E-state index in [2.05, 4.69) is 6.58 Å². The van der Waals surface area contributed by atoms with Crippen molar-refractivity contribution < 1.29 is 13.5 Å². The normalized spacial score (nSPS) is 20.1. The van der Waals surface area contributed by atoms with Crippen molar-refractivity contribution in [1.29, 1.82) is 0 Å². The van der Waals surface area contributed by atoms with Crippen molar-refractivity contribution in [3.8, 4) is 11.1 Å². The highest BCUT2D eigenvalue weighted by molar-refractivity contribution is 5.64. The second-order valence-electron chi connectivity index (χ2n) is 7.08. The summed E-state index contributed by atoms with van der Waals surface area (Å²) in [5.41, 5.74) is 2.86. The first-order valence-electron chi connectivity index (χ1n) is 9.34. The Bertz CT molecular complexity index is 761. The molecule has 1 aliphatic rings. The van der Waals surface area contributed by atoms with Crippen LogP contribution >= 0.6 is 0 Å². The van der Waals surface area contributed by atoms with Gasteiger partial charge in [0.25, 0.3) is 0 Å². The highest BCUT2D eigenvalue weighted by atomic mass is 19.1. The molecule has 0 saturated heterocycles. The van der Waals surface area contributed by atoms with Crippen molar-refractivity contribution in [2.75, 3.05) is 7.11 Å². The topological polar surface area (TPSA) is 9.23 Å². The fourth-order valence-corrected chi connectivity index (χ4v) is 3.83. The van der Waals surface area contributed by atoms with Crippen LogP contribution in [0.4, 0.5) is 8.78 Å². The molecule has 0 unspecified atom stereocenters. The Morgan fingerprint density at radius 3 is 2.23 bits per heavy atom. The molecule has 0 N–H and O–H groups in total. The first-order valence-corrected chi connectivity index (χ1v) is 9.34. The molecule has 1 fully saturated rings. The van der Waals surface area contributed by atoms with Crippen molar-refractivity contribution in [3.63, 3.8) is 0 Å². The van der Waals surface area contributed by atoms with Gasteiger partial charge >= 0.3 is 0 Å². The maximum atomic E-state index is 14.7. The molecule has 1 aliphatic carbocycles. The fourth-order valence-electron chi connectivity index (χ4n) is 3.83. The van der Waals surface area contributed by atoms with Gasteiger partial charge in [-0.25, -0.2) is 8.78 Å². The zero-order valence-corrected chi connectivity index (χ0v) is 15.3. The molecule has 0 heterocycles. The Kier molecular flexibility index (Phi) is 6.20. The summed E-state index contributed by atoms with van der Waals surface area (Å²) in [6.07, 6.45) is 7.29. The van der Waals surface area contributed by atoms with Gasteiger partial charge in [-0.1, -0.05) is 30.3 Å². The molecule has 0 radical (unpaired) electrons. The van der Waals surface area contributed by atoms with Crippen LogP contribution in [0.25, 0.3) is 11.1 Å². The summed E-state index contributed by atoms with van der Waals surface area (Å²) >= 11 is 0. The molecule has 138 valence electrons. The molecular weight excluding hydrogens is 330 g/mol. The van der Waals surface area contributed by atoms with Crippen LogP contribution in [0.2, 0.25) is 0 Å². The van der Waals surface area contributed by atoms with Gasteiger partial charge in [-0.15, -0.1) is 6.58 Å². The van der Waals surface area contributed by atoms with E-state index in [0.717, 1.165) is 37.7 Å². The van der Waals surface area contributed by atoms with Crippen molar-refractivity contribution in [3.05, 3.63) is 71.8 Å². The van der Waals surface area contributed by atoms with E-state index in [0.29, 0.717) is 29.2 Å². The van der Waals surface area contributed by atoms with Gasteiger partial charge in [-0.3, -0.25) is 0 Å². The van der Waals surface area contributed by atoms with Crippen LogP contribution in [0.3, 0.4) is 0 Å². The minimum absolute atomic E-state index is 0.195. The second kappa shape index (κ2) is 8.59. The maximum absolute atomic E-state index is 14.7. The SMILES string of the molecule is C=CCCc1ccc(-c2ccc(C3CCC(OC)CC3)c(F)c2)cc1F. The van der Waals surface area contributed by atoms with Crippen molar-refractivity contribution in [1.82, 2.24) is 0 Å². The van der Waals surface area contributed by atoms with Gasteiger partial charge in [-0.2, -0.15) is 0 Å². The van der Waals surface area contributed by atoms with Crippen LogP contribution in [-0.4, -0.2) is 13.2 Å². The molecule has 0 bridgehead atoms. The summed E-state index contributed by atoms with van der Waals surface area (Å²) < 4.78 is 34.4. The summed E-state index contributed by atoms with van der Waals surface area (Å²) in [5, 5.41) is 0. The van der Waals surface area contributed by atoms with Gasteiger partial charge in [0.2, 0.25) is 0 Å². The number of methoxy groups -OCH3 is 1. The Labute approximate surface area is 154 Å². The molecular formula is C23H26F2O.